The van der Waals surface area contributed by atoms with Crippen molar-refractivity contribution in [2.24, 2.45) is 11.8 Å². The molecule has 0 aliphatic heterocycles. The highest BCUT2D eigenvalue weighted by molar-refractivity contribution is 6.35. The fraction of sp³-hybridized carbons (Fsp3) is 1.00. The minimum absolute atomic E-state index is 0.920. The van der Waals surface area contributed by atoms with Crippen molar-refractivity contribution >= 4 is 7.28 Å². The Morgan fingerprint density at radius 3 is 2.00 bits per heavy atom. The Morgan fingerprint density at radius 1 is 1.08 bits per heavy atom. The summed E-state index contributed by atoms with van der Waals surface area (Å²) in [5.41, 5.74) is 0. The Morgan fingerprint density at radius 2 is 1.67 bits per heavy atom. The molecule has 0 nitrogen and oxygen atoms in total. The maximum absolute atomic E-state index is 2.40. The highest BCUT2D eigenvalue weighted by Crippen LogP contribution is 2.27. The van der Waals surface area contributed by atoms with Crippen molar-refractivity contribution in [3.05, 3.63) is 0 Å². The first-order chi connectivity index (χ1) is 5.65. The molecular weight excluding hydrogens is 143 g/mol. The van der Waals surface area contributed by atoms with Gasteiger partial charge in [0.1, 0.15) is 7.28 Å². The lowest BCUT2D eigenvalue weighted by molar-refractivity contribution is 0.315. The molecule has 3 atom stereocenters. The highest BCUT2D eigenvalue weighted by atomic mass is 14.2. The van der Waals surface area contributed by atoms with Crippen LogP contribution in [0.25, 0.3) is 0 Å². The van der Waals surface area contributed by atoms with E-state index in [2.05, 4.69) is 34.5 Å². The quantitative estimate of drug-likeness (QED) is 0.530. The lowest BCUT2D eigenvalue weighted by Gasteiger charge is -2.24. The van der Waals surface area contributed by atoms with E-state index < -0.39 is 0 Å². The van der Waals surface area contributed by atoms with Crippen LogP contribution in [0.3, 0.4) is 0 Å². The first kappa shape index (κ1) is 12.1. The molecule has 72 valence electrons. The third-order valence-corrected chi connectivity index (χ3v) is 3.38. The average Bonchev–Trinajstić information content (AvgIpc) is 2.12. The summed E-state index contributed by atoms with van der Waals surface area (Å²) in [7, 11) is 1.34. The predicted molar refractivity (Wildman–Crippen MR) is 60.3 cm³/mol. The summed E-state index contributed by atoms with van der Waals surface area (Å²) >= 11 is 0. The molecule has 0 aromatic heterocycles. The molecule has 0 aromatic carbocycles. The minimum Gasteiger partial charge on any atom is -0.0891 e. The third kappa shape index (κ3) is 4.18. The molecule has 0 amide bonds. The van der Waals surface area contributed by atoms with Crippen LogP contribution < -0.4 is 0 Å². The molecule has 1 heteroatoms. The van der Waals surface area contributed by atoms with Gasteiger partial charge in [0.2, 0.25) is 0 Å². The largest absolute Gasteiger partial charge is 0.120 e. The molecule has 0 spiro atoms. The van der Waals surface area contributed by atoms with Gasteiger partial charge in [-0.15, -0.1) is 0 Å². The maximum atomic E-state index is 2.40. The normalized spacial score (nSPS) is 18.4. The van der Waals surface area contributed by atoms with Crippen LogP contribution in [0.5, 0.6) is 0 Å². The Kier molecular flexibility index (Phi) is 6.60. The third-order valence-electron chi connectivity index (χ3n) is 3.38. The summed E-state index contributed by atoms with van der Waals surface area (Å²) in [6.45, 7) is 11.7. The molecule has 0 saturated heterocycles. The van der Waals surface area contributed by atoms with Crippen molar-refractivity contribution < 1.29 is 0 Å². The average molecular weight is 168 g/mol. The zero-order valence-electron chi connectivity index (χ0n) is 9.56. The van der Waals surface area contributed by atoms with Crippen LogP contribution >= 0.6 is 0 Å². The van der Waals surface area contributed by atoms with Gasteiger partial charge in [0.25, 0.3) is 0 Å². The van der Waals surface area contributed by atoms with Crippen molar-refractivity contribution in [2.45, 2.75) is 59.6 Å². The van der Waals surface area contributed by atoms with Crippen LogP contribution in [0.4, 0.5) is 0 Å². The molecule has 12 heavy (non-hydrogen) atoms. The van der Waals surface area contributed by atoms with Crippen LogP contribution in [0.2, 0.25) is 12.6 Å². The molecular formula is C11H25B. The summed E-state index contributed by atoms with van der Waals surface area (Å²) in [6, 6.07) is 0. The van der Waals surface area contributed by atoms with E-state index in [1.807, 2.05) is 0 Å². The molecule has 0 heterocycles. The van der Waals surface area contributed by atoms with Gasteiger partial charge in [0.05, 0.1) is 0 Å². The number of rotatable bonds is 6. The van der Waals surface area contributed by atoms with E-state index in [1.54, 1.807) is 0 Å². The summed E-state index contributed by atoms with van der Waals surface area (Å²) in [5, 5.41) is 0. The van der Waals surface area contributed by atoms with E-state index >= 15 is 0 Å². The van der Waals surface area contributed by atoms with Gasteiger partial charge in [-0.1, -0.05) is 59.6 Å². The monoisotopic (exact) mass is 168 g/mol. The second-order valence-electron chi connectivity index (χ2n) is 4.30. The van der Waals surface area contributed by atoms with E-state index in [0.29, 0.717) is 0 Å². The molecule has 0 aliphatic rings. The van der Waals surface area contributed by atoms with Gasteiger partial charge in [-0.05, 0) is 11.8 Å². The van der Waals surface area contributed by atoms with E-state index in [4.69, 9.17) is 0 Å². The van der Waals surface area contributed by atoms with Crippen LogP contribution in [0, 0.1) is 11.8 Å². The van der Waals surface area contributed by atoms with Crippen molar-refractivity contribution in [2.75, 3.05) is 0 Å². The molecule has 0 rings (SSSR count). The minimum atomic E-state index is 0.920. The predicted octanol–water partition coefficient (Wildman–Crippen LogP) is 3.74. The zero-order chi connectivity index (χ0) is 9.56. The Labute approximate surface area is 79.4 Å². The lowest BCUT2D eigenvalue weighted by Crippen LogP contribution is -2.13. The van der Waals surface area contributed by atoms with Crippen LogP contribution in [0.1, 0.15) is 47.0 Å². The van der Waals surface area contributed by atoms with Gasteiger partial charge in [-0.25, -0.2) is 0 Å². The lowest BCUT2D eigenvalue weighted by atomic mass is 9.63. The molecule has 0 aromatic rings. The number of hydrogen-bond donors (Lipinski definition) is 0. The van der Waals surface area contributed by atoms with E-state index in [9.17, 15) is 0 Å². The summed E-state index contributed by atoms with van der Waals surface area (Å²) in [4.78, 5) is 0. The van der Waals surface area contributed by atoms with E-state index in [1.165, 1.54) is 26.5 Å². The smallest absolute Gasteiger partial charge is 0.0891 e. The second kappa shape index (κ2) is 6.57. The van der Waals surface area contributed by atoms with Crippen molar-refractivity contribution in [3.63, 3.8) is 0 Å². The molecule has 0 aliphatic carbocycles. The molecule has 3 unspecified atom stereocenters. The standard InChI is InChI=1S/C11H25B/c1-6-9(3)11(7-2)8-10(4)12-5/h9-12H,6-8H2,1-5H3. The fourth-order valence-electron chi connectivity index (χ4n) is 1.82. The zero-order valence-corrected chi connectivity index (χ0v) is 9.56. The fourth-order valence-corrected chi connectivity index (χ4v) is 1.82. The van der Waals surface area contributed by atoms with E-state index in [0.717, 1.165) is 17.7 Å². The first-order valence-electron chi connectivity index (χ1n) is 5.65. The first-order valence-corrected chi connectivity index (χ1v) is 5.65. The SMILES string of the molecule is CBC(C)CC(CC)C(C)CC. The Hall–Kier alpha value is 0.0649. The highest BCUT2D eigenvalue weighted by Gasteiger charge is 2.15. The van der Waals surface area contributed by atoms with Crippen LogP contribution in [-0.2, 0) is 0 Å². The Balaban J connectivity index is 3.81. The summed E-state index contributed by atoms with van der Waals surface area (Å²) in [6.07, 6.45) is 4.14. The van der Waals surface area contributed by atoms with Gasteiger partial charge < -0.3 is 0 Å². The Bertz CT molecular complexity index is 101. The summed E-state index contributed by atoms with van der Waals surface area (Å²) < 4.78 is 0. The second-order valence-corrected chi connectivity index (χ2v) is 4.30. The van der Waals surface area contributed by atoms with Crippen molar-refractivity contribution in [3.8, 4) is 0 Å². The summed E-state index contributed by atoms with van der Waals surface area (Å²) in [5.74, 6) is 2.80. The van der Waals surface area contributed by atoms with Crippen LogP contribution in [0.15, 0.2) is 0 Å². The molecule has 0 saturated carbocycles. The molecule has 0 N–H and O–H groups in total. The van der Waals surface area contributed by atoms with Gasteiger partial charge in [0.15, 0.2) is 0 Å². The van der Waals surface area contributed by atoms with Gasteiger partial charge >= 0.3 is 0 Å². The van der Waals surface area contributed by atoms with Gasteiger partial charge in [-0.3, -0.25) is 0 Å². The van der Waals surface area contributed by atoms with Gasteiger partial charge in [0, 0.05) is 0 Å². The van der Waals surface area contributed by atoms with E-state index in [-0.39, 0.29) is 0 Å². The van der Waals surface area contributed by atoms with Gasteiger partial charge in [-0.2, -0.15) is 0 Å². The number of hydrogen-bond acceptors (Lipinski definition) is 0. The maximum Gasteiger partial charge on any atom is 0.120 e. The van der Waals surface area contributed by atoms with Crippen LogP contribution in [-0.4, -0.2) is 7.28 Å². The molecule has 0 radical (unpaired) electrons. The molecule has 0 bridgehead atoms. The van der Waals surface area contributed by atoms with Crippen molar-refractivity contribution in [1.82, 2.24) is 0 Å². The van der Waals surface area contributed by atoms with Crippen molar-refractivity contribution in [1.29, 1.82) is 0 Å². The topological polar surface area (TPSA) is 0 Å². The molecule has 0 fully saturated rings.